The third-order valence-electron chi connectivity index (χ3n) is 3.08. The molecule has 0 aliphatic carbocycles. The molecule has 2 aliphatic heterocycles. The van der Waals surface area contributed by atoms with Gasteiger partial charge in [0.25, 0.3) is 0 Å². The SMILES string of the molecule is [K+].[O-]CC12CCCN1CCC2. The van der Waals surface area contributed by atoms with Gasteiger partial charge in [0.05, 0.1) is 0 Å². The Labute approximate surface area is 111 Å². The molecule has 11 heavy (non-hydrogen) atoms. The average Bonchev–Trinajstić information content (AvgIpc) is 2.42. The molecule has 0 bridgehead atoms. The molecule has 0 spiro atoms. The first-order valence-electron chi connectivity index (χ1n) is 4.21. The first-order valence-corrected chi connectivity index (χ1v) is 4.21. The largest absolute Gasteiger partial charge is 1.00 e. The van der Waals surface area contributed by atoms with E-state index >= 15 is 0 Å². The predicted octanol–water partition coefficient (Wildman–Crippen LogP) is -3.02. The summed E-state index contributed by atoms with van der Waals surface area (Å²) in [6.07, 6.45) is 4.83. The van der Waals surface area contributed by atoms with Gasteiger partial charge in [0, 0.05) is 5.54 Å². The van der Waals surface area contributed by atoms with E-state index in [4.69, 9.17) is 0 Å². The minimum Gasteiger partial charge on any atom is -0.853 e. The Kier molecular flexibility index (Phi) is 4.04. The van der Waals surface area contributed by atoms with Crippen LogP contribution in [-0.2, 0) is 0 Å². The van der Waals surface area contributed by atoms with Crippen molar-refractivity contribution >= 4 is 0 Å². The molecule has 0 unspecified atom stereocenters. The Morgan fingerprint density at radius 1 is 1.18 bits per heavy atom. The zero-order chi connectivity index (χ0) is 7.03. The van der Waals surface area contributed by atoms with Gasteiger partial charge in [0.1, 0.15) is 0 Å². The summed E-state index contributed by atoms with van der Waals surface area (Å²) in [5.41, 5.74) is 0.125. The van der Waals surface area contributed by atoms with E-state index in [0.717, 1.165) is 12.8 Å². The van der Waals surface area contributed by atoms with Crippen molar-refractivity contribution in [3.8, 4) is 0 Å². The van der Waals surface area contributed by atoms with Crippen LogP contribution in [0, 0.1) is 0 Å². The van der Waals surface area contributed by atoms with Gasteiger partial charge < -0.3 is 5.11 Å². The van der Waals surface area contributed by atoms with E-state index in [1.807, 2.05) is 0 Å². The van der Waals surface area contributed by atoms with Crippen molar-refractivity contribution < 1.29 is 56.5 Å². The molecular formula is C8H14KNO. The molecule has 3 heteroatoms. The number of rotatable bonds is 1. The first kappa shape index (κ1) is 10.6. The molecule has 58 valence electrons. The van der Waals surface area contributed by atoms with E-state index in [1.165, 1.54) is 25.9 Å². The van der Waals surface area contributed by atoms with Gasteiger partial charge in [-0.05, 0) is 38.8 Å². The molecule has 0 radical (unpaired) electrons. The molecule has 2 rings (SSSR count). The Balaban J connectivity index is 0.000000605. The smallest absolute Gasteiger partial charge is 0.853 e. The first-order chi connectivity index (χ1) is 4.87. The fourth-order valence-electron chi connectivity index (χ4n) is 2.46. The molecule has 2 saturated heterocycles. The quantitative estimate of drug-likeness (QED) is 0.401. The molecular weight excluding hydrogens is 165 g/mol. The van der Waals surface area contributed by atoms with Gasteiger partial charge >= 0.3 is 51.4 Å². The summed E-state index contributed by atoms with van der Waals surface area (Å²) >= 11 is 0. The third-order valence-corrected chi connectivity index (χ3v) is 3.08. The molecule has 0 saturated carbocycles. The van der Waals surface area contributed by atoms with Crippen molar-refractivity contribution in [3.05, 3.63) is 0 Å². The topological polar surface area (TPSA) is 26.3 Å². The van der Waals surface area contributed by atoms with Crippen molar-refractivity contribution in [2.24, 2.45) is 0 Å². The van der Waals surface area contributed by atoms with E-state index < -0.39 is 0 Å². The second-order valence-electron chi connectivity index (χ2n) is 3.56. The van der Waals surface area contributed by atoms with Crippen LogP contribution in [0.1, 0.15) is 25.7 Å². The van der Waals surface area contributed by atoms with Crippen LogP contribution in [0.25, 0.3) is 0 Å². The molecule has 0 aromatic heterocycles. The zero-order valence-corrected chi connectivity index (χ0v) is 10.4. The van der Waals surface area contributed by atoms with E-state index in [9.17, 15) is 5.11 Å². The molecule has 0 aromatic carbocycles. The molecule has 0 aromatic rings. The van der Waals surface area contributed by atoms with Crippen LogP contribution < -0.4 is 56.5 Å². The van der Waals surface area contributed by atoms with Gasteiger partial charge in [-0.15, -0.1) is 6.61 Å². The van der Waals surface area contributed by atoms with Gasteiger partial charge in [-0.3, -0.25) is 4.90 Å². The van der Waals surface area contributed by atoms with Crippen LogP contribution in [0.5, 0.6) is 0 Å². The molecule has 0 atom stereocenters. The summed E-state index contributed by atoms with van der Waals surface area (Å²) in [6, 6.07) is 0. The standard InChI is InChI=1S/C8H14NO.K/c10-7-8-3-1-5-9(8)6-2-4-8;/h1-7H2;/q-1;+1. The summed E-state index contributed by atoms with van der Waals surface area (Å²) in [4.78, 5) is 2.40. The Morgan fingerprint density at radius 2 is 1.73 bits per heavy atom. The van der Waals surface area contributed by atoms with Gasteiger partial charge in [-0.1, -0.05) is 0 Å². The summed E-state index contributed by atoms with van der Waals surface area (Å²) in [6.45, 7) is 2.50. The monoisotopic (exact) mass is 179 g/mol. The minimum absolute atomic E-state index is 0. The van der Waals surface area contributed by atoms with Gasteiger partial charge in [0.2, 0.25) is 0 Å². The second kappa shape index (κ2) is 4.18. The Hall–Kier alpha value is 1.56. The third kappa shape index (κ3) is 1.75. The van der Waals surface area contributed by atoms with Crippen LogP contribution >= 0.6 is 0 Å². The van der Waals surface area contributed by atoms with Crippen LogP contribution in [0.2, 0.25) is 0 Å². The Morgan fingerprint density at radius 3 is 2.09 bits per heavy atom. The average molecular weight is 179 g/mol. The molecule has 2 aliphatic rings. The zero-order valence-electron chi connectivity index (χ0n) is 7.31. The summed E-state index contributed by atoms with van der Waals surface area (Å²) < 4.78 is 0. The van der Waals surface area contributed by atoms with E-state index in [-0.39, 0.29) is 63.5 Å². The van der Waals surface area contributed by atoms with Gasteiger partial charge in [-0.2, -0.15) is 0 Å². The maximum Gasteiger partial charge on any atom is 1.00 e. The van der Waals surface area contributed by atoms with Crippen molar-refractivity contribution in [2.45, 2.75) is 31.2 Å². The van der Waals surface area contributed by atoms with Gasteiger partial charge in [-0.25, -0.2) is 0 Å². The summed E-state index contributed by atoms with van der Waals surface area (Å²) in [5.74, 6) is 0. The summed E-state index contributed by atoms with van der Waals surface area (Å²) in [7, 11) is 0. The maximum absolute atomic E-state index is 10.9. The molecule has 0 N–H and O–H groups in total. The molecule has 2 fully saturated rings. The summed E-state index contributed by atoms with van der Waals surface area (Å²) in [5, 5.41) is 10.9. The van der Waals surface area contributed by atoms with Crippen molar-refractivity contribution in [2.75, 3.05) is 19.7 Å². The van der Waals surface area contributed by atoms with E-state index in [1.54, 1.807) is 0 Å². The molecule has 0 amide bonds. The fourth-order valence-corrected chi connectivity index (χ4v) is 2.46. The van der Waals surface area contributed by atoms with Crippen LogP contribution in [0.3, 0.4) is 0 Å². The number of nitrogens with zero attached hydrogens (tertiary/aromatic N) is 1. The number of hydrogen-bond acceptors (Lipinski definition) is 2. The maximum atomic E-state index is 10.9. The van der Waals surface area contributed by atoms with Crippen molar-refractivity contribution in [1.29, 1.82) is 0 Å². The van der Waals surface area contributed by atoms with Crippen molar-refractivity contribution in [1.82, 2.24) is 4.90 Å². The number of fused-ring (bicyclic) bond motifs is 1. The molecule has 2 heterocycles. The number of hydrogen-bond donors (Lipinski definition) is 0. The Bertz CT molecular complexity index is 130. The van der Waals surface area contributed by atoms with Crippen LogP contribution in [-0.4, -0.2) is 30.1 Å². The van der Waals surface area contributed by atoms with E-state index in [2.05, 4.69) is 4.90 Å². The normalized spacial score (nSPS) is 28.1. The van der Waals surface area contributed by atoms with Crippen LogP contribution in [0.15, 0.2) is 0 Å². The van der Waals surface area contributed by atoms with Crippen LogP contribution in [0.4, 0.5) is 0 Å². The predicted molar refractivity (Wildman–Crippen MR) is 37.6 cm³/mol. The van der Waals surface area contributed by atoms with Crippen molar-refractivity contribution in [3.63, 3.8) is 0 Å². The fraction of sp³-hybridized carbons (Fsp3) is 1.00. The second-order valence-corrected chi connectivity index (χ2v) is 3.56. The minimum atomic E-state index is 0. The van der Waals surface area contributed by atoms with E-state index in [0.29, 0.717) is 0 Å². The molecule has 2 nitrogen and oxygen atoms in total. The van der Waals surface area contributed by atoms with Gasteiger partial charge in [0.15, 0.2) is 0 Å².